The quantitative estimate of drug-likeness (QED) is 0.841. The average Bonchev–Trinajstić information content (AvgIpc) is 2.24. The number of rotatable bonds is 4. The standard InChI is InChI=1S/C11H16BrClN2O/c1-3-15(2)6-10(16)7-4-8(12)11(14)9(13)5-7/h4-5,10,16H,3,6,14H2,1-2H3. The van der Waals surface area contributed by atoms with Gasteiger partial charge in [-0.25, -0.2) is 0 Å². The first-order valence-corrected chi connectivity index (χ1v) is 6.23. The molecule has 0 saturated heterocycles. The van der Waals surface area contributed by atoms with Gasteiger partial charge in [0, 0.05) is 11.0 Å². The van der Waals surface area contributed by atoms with Crippen molar-refractivity contribution in [3.8, 4) is 0 Å². The van der Waals surface area contributed by atoms with Gasteiger partial charge in [-0.2, -0.15) is 0 Å². The number of hydrogen-bond donors (Lipinski definition) is 2. The highest BCUT2D eigenvalue weighted by atomic mass is 79.9. The fraction of sp³-hybridized carbons (Fsp3) is 0.455. The Morgan fingerprint density at radius 2 is 2.19 bits per heavy atom. The summed E-state index contributed by atoms with van der Waals surface area (Å²) in [5.74, 6) is 0. The van der Waals surface area contributed by atoms with Crippen molar-refractivity contribution in [2.24, 2.45) is 0 Å². The topological polar surface area (TPSA) is 49.5 Å². The van der Waals surface area contributed by atoms with Gasteiger partial charge in [0.15, 0.2) is 0 Å². The molecule has 1 unspecified atom stereocenters. The van der Waals surface area contributed by atoms with E-state index in [0.29, 0.717) is 21.7 Å². The van der Waals surface area contributed by atoms with Crippen LogP contribution in [-0.4, -0.2) is 30.1 Å². The van der Waals surface area contributed by atoms with E-state index in [1.807, 2.05) is 18.9 Å². The zero-order valence-corrected chi connectivity index (χ0v) is 11.7. The molecule has 1 atom stereocenters. The first-order chi connectivity index (χ1) is 7.45. The summed E-state index contributed by atoms with van der Waals surface area (Å²) in [5.41, 5.74) is 6.98. The molecule has 0 aromatic heterocycles. The molecular formula is C11H16BrClN2O. The fourth-order valence-electron chi connectivity index (χ4n) is 1.33. The van der Waals surface area contributed by atoms with Crippen LogP contribution in [0.4, 0.5) is 5.69 Å². The molecule has 0 saturated carbocycles. The normalized spacial score (nSPS) is 13.1. The summed E-state index contributed by atoms with van der Waals surface area (Å²) in [6, 6.07) is 3.51. The van der Waals surface area contributed by atoms with Crippen LogP contribution in [0.3, 0.4) is 0 Å². The lowest BCUT2D eigenvalue weighted by Gasteiger charge is -2.19. The lowest BCUT2D eigenvalue weighted by molar-refractivity contribution is 0.129. The molecule has 3 nitrogen and oxygen atoms in total. The highest BCUT2D eigenvalue weighted by molar-refractivity contribution is 9.10. The van der Waals surface area contributed by atoms with Crippen molar-refractivity contribution in [3.05, 3.63) is 27.2 Å². The average molecular weight is 308 g/mol. The van der Waals surface area contributed by atoms with Crippen LogP contribution in [0.15, 0.2) is 16.6 Å². The predicted molar refractivity (Wildman–Crippen MR) is 71.7 cm³/mol. The van der Waals surface area contributed by atoms with Crippen molar-refractivity contribution in [3.63, 3.8) is 0 Å². The van der Waals surface area contributed by atoms with E-state index in [2.05, 4.69) is 15.9 Å². The van der Waals surface area contributed by atoms with Gasteiger partial charge in [-0.3, -0.25) is 0 Å². The van der Waals surface area contributed by atoms with E-state index < -0.39 is 6.10 Å². The van der Waals surface area contributed by atoms with Gasteiger partial charge < -0.3 is 15.7 Å². The molecule has 0 fully saturated rings. The highest BCUT2D eigenvalue weighted by Gasteiger charge is 2.13. The number of nitrogens with two attached hydrogens (primary N) is 1. The van der Waals surface area contributed by atoms with Crippen molar-refractivity contribution >= 4 is 33.2 Å². The van der Waals surface area contributed by atoms with Crippen molar-refractivity contribution in [2.45, 2.75) is 13.0 Å². The van der Waals surface area contributed by atoms with Gasteiger partial charge in [-0.15, -0.1) is 0 Å². The molecule has 3 N–H and O–H groups in total. The van der Waals surface area contributed by atoms with Gasteiger partial charge in [0.1, 0.15) is 0 Å². The van der Waals surface area contributed by atoms with Crippen LogP contribution in [0.1, 0.15) is 18.6 Å². The lowest BCUT2D eigenvalue weighted by Crippen LogP contribution is -2.24. The number of benzene rings is 1. The molecule has 0 aliphatic heterocycles. The minimum absolute atomic E-state index is 0.461. The summed E-state index contributed by atoms with van der Waals surface area (Å²) in [6.07, 6.45) is -0.556. The number of hydrogen-bond acceptors (Lipinski definition) is 3. The summed E-state index contributed by atoms with van der Waals surface area (Å²) in [7, 11) is 1.96. The van der Waals surface area contributed by atoms with Crippen LogP contribution in [0.2, 0.25) is 5.02 Å². The van der Waals surface area contributed by atoms with Crippen LogP contribution in [0.5, 0.6) is 0 Å². The Balaban J connectivity index is 2.88. The number of likely N-dealkylation sites (N-methyl/N-ethyl adjacent to an activating group) is 1. The summed E-state index contributed by atoms with van der Waals surface area (Å²) < 4.78 is 0.716. The van der Waals surface area contributed by atoms with E-state index in [0.717, 1.165) is 12.1 Å². The molecule has 90 valence electrons. The molecule has 16 heavy (non-hydrogen) atoms. The summed E-state index contributed by atoms with van der Waals surface area (Å²) in [4.78, 5) is 2.03. The number of nitrogens with zero attached hydrogens (tertiary/aromatic N) is 1. The van der Waals surface area contributed by atoms with Gasteiger partial charge >= 0.3 is 0 Å². The molecule has 1 aromatic carbocycles. The number of anilines is 1. The molecule has 0 spiro atoms. The second-order valence-corrected chi connectivity index (χ2v) is 5.03. The molecule has 5 heteroatoms. The smallest absolute Gasteiger partial charge is 0.0917 e. The van der Waals surface area contributed by atoms with Crippen molar-refractivity contribution in [1.29, 1.82) is 0 Å². The molecule has 0 amide bonds. The van der Waals surface area contributed by atoms with Crippen molar-refractivity contribution in [1.82, 2.24) is 4.90 Å². The first kappa shape index (κ1) is 13.8. The Hall–Kier alpha value is -0.290. The number of nitrogen functional groups attached to an aromatic ring is 1. The SMILES string of the molecule is CCN(C)CC(O)c1cc(Cl)c(N)c(Br)c1. The Morgan fingerprint density at radius 1 is 1.56 bits per heavy atom. The Kier molecular flexibility index (Phi) is 5.05. The zero-order valence-electron chi connectivity index (χ0n) is 9.37. The van der Waals surface area contributed by atoms with Crippen molar-refractivity contribution < 1.29 is 5.11 Å². The highest BCUT2D eigenvalue weighted by Crippen LogP contribution is 2.31. The van der Waals surface area contributed by atoms with Gasteiger partial charge in [-0.05, 0) is 47.2 Å². The van der Waals surface area contributed by atoms with Crippen LogP contribution in [-0.2, 0) is 0 Å². The summed E-state index contributed by atoms with van der Waals surface area (Å²) >= 11 is 9.27. The van der Waals surface area contributed by atoms with E-state index in [1.54, 1.807) is 12.1 Å². The second-order valence-electron chi connectivity index (χ2n) is 3.77. The van der Waals surface area contributed by atoms with Gasteiger partial charge in [0.2, 0.25) is 0 Å². The Morgan fingerprint density at radius 3 is 2.69 bits per heavy atom. The third-order valence-electron chi connectivity index (χ3n) is 2.51. The molecule has 1 aromatic rings. The number of halogens is 2. The molecule has 0 bridgehead atoms. The third kappa shape index (κ3) is 3.35. The fourth-order valence-corrected chi connectivity index (χ4v) is 2.15. The number of aliphatic hydroxyl groups excluding tert-OH is 1. The Labute approximate surface area is 109 Å². The molecule has 0 radical (unpaired) electrons. The van der Waals surface area contributed by atoms with E-state index in [9.17, 15) is 5.11 Å². The monoisotopic (exact) mass is 306 g/mol. The molecule has 0 heterocycles. The van der Waals surface area contributed by atoms with Crippen LogP contribution in [0.25, 0.3) is 0 Å². The first-order valence-electron chi connectivity index (χ1n) is 5.06. The molecule has 1 rings (SSSR count). The molecule has 0 aliphatic rings. The maximum absolute atomic E-state index is 10.00. The van der Waals surface area contributed by atoms with E-state index in [-0.39, 0.29) is 0 Å². The van der Waals surface area contributed by atoms with E-state index in [1.165, 1.54) is 0 Å². The van der Waals surface area contributed by atoms with Gasteiger partial charge in [-0.1, -0.05) is 18.5 Å². The molecular weight excluding hydrogens is 291 g/mol. The van der Waals surface area contributed by atoms with Crippen LogP contribution in [0, 0.1) is 0 Å². The summed E-state index contributed by atoms with van der Waals surface area (Å²) in [6.45, 7) is 3.50. The minimum Gasteiger partial charge on any atom is -0.397 e. The molecule has 0 aliphatic carbocycles. The maximum atomic E-state index is 10.00. The van der Waals surface area contributed by atoms with Crippen LogP contribution >= 0.6 is 27.5 Å². The minimum atomic E-state index is -0.556. The number of aliphatic hydroxyl groups is 1. The maximum Gasteiger partial charge on any atom is 0.0917 e. The largest absolute Gasteiger partial charge is 0.397 e. The zero-order chi connectivity index (χ0) is 12.3. The predicted octanol–water partition coefficient (Wildman–Crippen LogP) is 2.67. The lowest BCUT2D eigenvalue weighted by atomic mass is 10.1. The second kappa shape index (κ2) is 5.87. The van der Waals surface area contributed by atoms with Gasteiger partial charge in [0.25, 0.3) is 0 Å². The van der Waals surface area contributed by atoms with E-state index in [4.69, 9.17) is 17.3 Å². The van der Waals surface area contributed by atoms with Gasteiger partial charge in [0.05, 0.1) is 16.8 Å². The van der Waals surface area contributed by atoms with E-state index >= 15 is 0 Å². The van der Waals surface area contributed by atoms with Crippen LogP contribution < -0.4 is 5.73 Å². The van der Waals surface area contributed by atoms with Crippen molar-refractivity contribution in [2.75, 3.05) is 25.9 Å². The summed E-state index contributed by atoms with van der Waals surface area (Å²) in [5, 5.41) is 10.5. The Bertz CT molecular complexity index is 350. The third-order valence-corrected chi connectivity index (χ3v) is 3.48.